The molecule has 31 heavy (non-hydrogen) atoms. The van der Waals surface area contributed by atoms with Crippen LogP contribution in [0, 0.1) is 69.0 Å². The predicted molar refractivity (Wildman–Crippen MR) is 115 cm³/mol. The standard InChI is InChI=1S/C26H34N2O3/c1-15(29)24-21(17(13-27)14-28)12-23-20-6-5-18-11-19(31-16(2)30)7-9-25(18,3)22(20)8-10-26(23,24)4/h5,17,19-24H,6-12H2,1-4H3/t19-,20-,21-,22+,23+,24+,25-,26-/m0/s1. The molecule has 0 aromatic rings. The predicted octanol–water partition coefficient (Wildman–Crippen LogP) is 4.98. The second kappa shape index (κ2) is 7.77. The first-order chi connectivity index (χ1) is 14.7. The zero-order chi connectivity index (χ0) is 22.6. The molecule has 0 saturated heterocycles. The summed E-state index contributed by atoms with van der Waals surface area (Å²) in [4.78, 5) is 24.2. The lowest BCUT2D eigenvalue weighted by molar-refractivity contribution is -0.149. The van der Waals surface area contributed by atoms with Gasteiger partial charge in [0, 0.05) is 19.3 Å². The molecule has 8 atom stereocenters. The lowest BCUT2D eigenvalue weighted by Crippen LogP contribution is -2.51. The molecule has 0 N–H and O–H groups in total. The number of fused-ring (bicyclic) bond motifs is 5. The number of allylic oxidation sites excluding steroid dienone is 1. The number of carbonyl (C=O) groups is 2. The Hall–Kier alpha value is -2.14. The summed E-state index contributed by atoms with van der Waals surface area (Å²) in [5.41, 5.74) is 1.44. The lowest BCUT2D eigenvalue weighted by Gasteiger charge is -2.58. The van der Waals surface area contributed by atoms with Crippen molar-refractivity contribution < 1.29 is 14.3 Å². The molecule has 0 bridgehead atoms. The van der Waals surface area contributed by atoms with Crippen LogP contribution < -0.4 is 0 Å². The van der Waals surface area contributed by atoms with E-state index in [-0.39, 0.29) is 40.5 Å². The van der Waals surface area contributed by atoms with Gasteiger partial charge in [0.25, 0.3) is 0 Å². The minimum absolute atomic E-state index is 0.00722. The first-order valence-corrected chi connectivity index (χ1v) is 11.8. The van der Waals surface area contributed by atoms with Crippen molar-refractivity contribution in [1.82, 2.24) is 0 Å². The summed E-state index contributed by atoms with van der Waals surface area (Å²) in [6, 6.07) is 4.37. The average Bonchev–Trinajstić information content (AvgIpc) is 3.02. The summed E-state index contributed by atoms with van der Waals surface area (Å²) in [5, 5.41) is 19.2. The van der Waals surface area contributed by atoms with Crippen molar-refractivity contribution in [1.29, 1.82) is 10.5 Å². The van der Waals surface area contributed by atoms with Crippen LogP contribution in [0.2, 0.25) is 0 Å². The second-order valence-corrected chi connectivity index (χ2v) is 11.0. The van der Waals surface area contributed by atoms with E-state index < -0.39 is 5.92 Å². The van der Waals surface area contributed by atoms with E-state index in [0.717, 1.165) is 44.9 Å². The molecular weight excluding hydrogens is 388 g/mol. The third-order valence-corrected chi connectivity index (χ3v) is 9.64. The molecule has 3 fully saturated rings. The monoisotopic (exact) mass is 422 g/mol. The molecule has 0 spiro atoms. The highest BCUT2D eigenvalue weighted by Crippen LogP contribution is 2.68. The van der Waals surface area contributed by atoms with Crippen molar-refractivity contribution in [2.45, 2.75) is 78.7 Å². The molecule has 4 aliphatic rings. The molecule has 4 aliphatic carbocycles. The molecular formula is C26H34N2O3. The van der Waals surface area contributed by atoms with E-state index in [0.29, 0.717) is 17.8 Å². The summed E-state index contributed by atoms with van der Waals surface area (Å²) in [6.07, 6.45) is 9.03. The molecule has 3 saturated carbocycles. The van der Waals surface area contributed by atoms with E-state index in [9.17, 15) is 20.1 Å². The summed E-state index contributed by atoms with van der Waals surface area (Å²) in [5.74, 6) is 0.298. The third-order valence-electron chi connectivity index (χ3n) is 9.64. The maximum Gasteiger partial charge on any atom is 0.302 e. The van der Waals surface area contributed by atoms with Crippen LogP contribution in [0.4, 0.5) is 0 Å². The molecule has 0 amide bonds. The van der Waals surface area contributed by atoms with Crippen molar-refractivity contribution >= 4 is 11.8 Å². The molecule has 5 nitrogen and oxygen atoms in total. The molecule has 0 aromatic heterocycles. The number of hydrogen-bond acceptors (Lipinski definition) is 5. The summed E-state index contributed by atoms with van der Waals surface area (Å²) >= 11 is 0. The van der Waals surface area contributed by atoms with E-state index in [1.54, 1.807) is 6.92 Å². The Balaban J connectivity index is 1.65. The molecule has 0 radical (unpaired) electrons. The van der Waals surface area contributed by atoms with Gasteiger partial charge < -0.3 is 4.74 Å². The Bertz CT molecular complexity index is 881. The van der Waals surface area contributed by atoms with Gasteiger partial charge in [0.1, 0.15) is 17.8 Å². The van der Waals surface area contributed by atoms with Gasteiger partial charge >= 0.3 is 5.97 Å². The van der Waals surface area contributed by atoms with Crippen LogP contribution in [-0.4, -0.2) is 17.9 Å². The number of nitriles is 2. The number of Topliss-reactive ketones (excluding diaryl/α,β-unsaturated/α-hetero) is 1. The highest BCUT2D eigenvalue weighted by atomic mass is 16.5. The summed E-state index contributed by atoms with van der Waals surface area (Å²) < 4.78 is 5.53. The molecule has 0 unspecified atom stereocenters. The zero-order valence-corrected chi connectivity index (χ0v) is 19.2. The van der Waals surface area contributed by atoms with Crippen LogP contribution in [-0.2, 0) is 14.3 Å². The van der Waals surface area contributed by atoms with Gasteiger partial charge in [-0.25, -0.2) is 0 Å². The first-order valence-electron chi connectivity index (χ1n) is 11.8. The molecule has 4 rings (SSSR count). The van der Waals surface area contributed by atoms with Gasteiger partial charge in [-0.3, -0.25) is 9.59 Å². The highest BCUT2D eigenvalue weighted by molar-refractivity contribution is 5.80. The van der Waals surface area contributed by atoms with E-state index in [4.69, 9.17) is 4.74 Å². The molecule has 0 aliphatic heterocycles. The first kappa shape index (κ1) is 22.1. The Morgan fingerprint density at radius 2 is 1.84 bits per heavy atom. The minimum Gasteiger partial charge on any atom is -0.462 e. The minimum atomic E-state index is -0.709. The second-order valence-electron chi connectivity index (χ2n) is 11.0. The van der Waals surface area contributed by atoms with Crippen molar-refractivity contribution in [3.63, 3.8) is 0 Å². The van der Waals surface area contributed by atoms with Gasteiger partial charge in [-0.15, -0.1) is 0 Å². The van der Waals surface area contributed by atoms with E-state index in [1.165, 1.54) is 12.5 Å². The maximum atomic E-state index is 12.8. The Morgan fingerprint density at radius 3 is 2.45 bits per heavy atom. The Kier molecular flexibility index (Phi) is 5.53. The van der Waals surface area contributed by atoms with Crippen molar-refractivity contribution in [3.05, 3.63) is 11.6 Å². The summed E-state index contributed by atoms with van der Waals surface area (Å²) in [7, 11) is 0. The Labute approximate surface area is 185 Å². The van der Waals surface area contributed by atoms with Gasteiger partial charge in [-0.2, -0.15) is 10.5 Å². The van der Waals surface area contributed by atoms with Crippen molar-refractivity contribution in [2.75, 3.05) is 0 Å². The number of carbonyl (C=O) groups excluding carboxylic acids is 2. The number of hydrogen-bond donors (Lipinski definition) is 0. The van der Waals surface area contributed by atoms with Crippen LogP contribution in [0.3, 0.4) is 0 Å². The van der Waals surface area contributed by atoms with Crippen molar-refractivity contribution in [2.24, 2.45) is 46.3 Å². The largest absolute Gasteiger partial charge is 0.462 e. The SMILES string of the molecule is CC(=O)O[C@H]1CC[C@@]2(C)C(=CC[C@@H]3[C@H]4C[C@@H](C(C#N)C#N)[C@@H](C(C)=O)[C@@]4(C)CC[C@H]32)C1. The van der Waals surface area contributed by atoms with Crippen molar-refractivity contribution in [3.8, 4) is 12.1 Å². The van der Waals surface area contributed by atoms with Gasteiger partial charge in [0.2, 0.25) is 0 Å². The number of ether oxygens (including phenoxy) is 1. The quantitative estimate of drug-likeness (QED) is 0.473. The average molecular weight is 423 g/mol. The van der Waals surface area contributed by atoms with Gasteiger partial charge in [0.15, 0.2) is 0 Å². The van der Waals surface area contributed by atoms with Crippen LogP contribution in [0.15, 0.2) is 11.6 Å². The topological polar surface area (TPSA) is 90.9 Å². The number of esters is 1. The summed E-state index contributed by atoms with van der Waals surface area (Å²) in [6.45, 7) is 7.79. The fourth-order valence-electron chi connectivity index (χ4n) is 8.37. The maximum absolute atomic E-state index is 12.8. The molecule has 5 heteroatoms. The van der Waals surface area contributed by atoms with Crippen LogP contribution in [0.25, 0.3) is 0 Å². The van der Waals surface area contributed by atoms with Gasteiger partial charge in [-0.05, 0) is 80.0 Å². The molecule has 0 heterocycles. The highest BCUT2D eigenvalue weighted by Gasteiger charge is 2.63. The third kappa shape index (κ3) is 3.32. The van der Waals surface area contributed by atoms with Crippen LogP contribution in [0.1, 0.15) is 72.6 Å². The fraction of sp³-hybridized carbons (Fsp3) is 0.769. The van der Waals surface area contributed by atoms with Gasteiger partial charge in [0.05, 0.1) is 12.1 Å². The molecule has 0 aromatic carbocycles. The lowest BCUT2D eigenvalue weighted by atomic mass is 9.47. The number of rotatable bonds is 3. The smallest absolute Gasteiger partial charge is 0.302 e. The van der Waals surface area contributed by atoms with Gasteiger partial charge in [-0.1, -0.05) is 25.5 Å². The Morgan fingerprint density at radius 1 is 1.13 bits per heavy atom. The van der Waals surface area contributed by atoms with E-state index in [1.807, 2.05) is 0 Å². The number of nitrogens with zero attached hydrogens (tertiary/aromatic N) is 2. The van der Waals surface area contributed by atoms with Crippen LogP contribution >= 0.6 is 0 Å². The zero-order valence-electron chi connectivity index (χ0n) is 19.2. The van der Waals surface area contributed by atoms with Crippen LogP contribution in [0.5, 0.6) is 0 Å². The van der Waals surface area contributed by atoms with E-state index >= 15 is 0 Å². The number of ketones is 1. The van der Waals surface area contributed by atoms with E-state index in [2.05, 4.69) is 32.1 Å². The molecule has 166 valence electrons. The normalized spacial score (nSPS) is 43.5. The fourth-order valence-corrected chi connectivity index (χ4v) is 8.37.